The van der Waals surface area contributed by atoms with Crippen LogP contribution in [0.25, 0.3) is 5.57 Å². The predicted octanol–water partition coefficient (Wildman–Crippen LogP) is 7.33. The first-order valence-corrected chi connectivity index (χ1v) is 10.8. The molecule has 2 aromatic rings. The smallest absolute Gasteiger partial charge is 0.134 e. The number of aryl methyl sites for hydroxylation is 1. The molecular formula is C26H33FN2. The van der Waals surface area contributed by atoms with Crippen molar-refractivity contribution in [3.63, 3.8) is 0 Å². The normalized spacial score (nSPS) is 15.5. The highest BCUT2D eigenvalue weighted by molar-refractivity contribution is 5.89. The van der Waals surface area contributed by atoms with Gasteiger partial charge >= 0.3 is 0 Å². The number of aliphatic imine (C=N–C) groups is 1. The fourth-order valence-electron chi connectivity index (χ4n) is 4.12. The number of halogens is 1. The molecule has 3 heteroatoms. The van der Waals surface area contributed by atoms with Crippen molar-refractivity contribution < 1.29 is 4.39 Å². The van der Waals surface area contributed by atoms with E-state index in [9.17, 15) is 4.39 Å². The second-order valence-electron chi connectivity index (χ2n) is 8.55. The molecule has 0 spiro atoms. The van der Waals surface area contributed by atoms with E-state index in [1.165, 1.54) is 24.0 Å². The highest BCUT2D eigenvalue weighted by Crippen LogP contribution is 2.40. The van der Waals surface area contributed by atoms with Crippen molar-refractivity contribution in [2.45, 2.75) is 65.8 Å². The molecule has 29 heavy (non-hydrogen) atoms. The molecule has 0 fully saturated rings. The van der Waals surface area contributed by atoms with Gasteiger partial charge in [-0.25, -0.2) is 4.39 Å². The highest BCUT2D eigenvalue weighted by Gasteiger charge is 2.31. The van der Waals surface area contributed by atoms with Crippen LogP contribution in [-0.4, -0.2) is 18.3 Å². The van der Waals surface area contributed by atoms with Crippen molar-refractivity contribution >= 4 is 23.2 Å². The molecule has 3 rings (SSSR count). The summed E-state index contributed by atoms with van der Waals surface area (Å²) in [5, 5.41) is 0. The number of hydrogen-bond donors (Lipinski definition) is 0. The van der Waals surface area contributed by atoms with Crippen LogP contribution in [0.4, 0.5) is 15.8 Å². The van der Waals surface area contributed by atoms with E-state index in [-0.39, 0.29) is 11.4 Å². The van der Waals surface area contributed by atoms with Crippen molar-refractivity contribution in [1.82, 2.24) is 0 Å². The average molecular weight is 393 g/mol. The van der Waals surface area contributed by atoms with Gasteiger partial charge in [0.1, 0.15) is 5.82 Å². The van der Waals surface area contributed by atoms with E-state index >= 15 is 0 Å². The standard InChI is InChI=1S/C26H33FN2/c1-6-8-9-20-10-12-22(13-11-20)28-18-21-15-23-19(3)17-26(4,5)29(14-7-2)25(23)16-24(21)27/h10-13,15-18H,6-9,14H2,1-5H3. The van der Waals surface area contributed by atoms with Gasteiger partial charge in [0.25, 0.3) is 0 Å². The van der Waals surface area contributed by atoms with Crippen LogP contribution < -0.4 is 4.90 Å². The Balaban J connectivity index is 1.89. The topological polar surface area (TPSA) is 15.6 Å². The third kappa shape index (κ3) is 4.77. The molecule has 2 nitrogen and oxygen atoms in total. The number of nitrogens with zero attached hydrogens (tertiary/aromatic N) is 2. The molecule has 0 bridgehead atoms. The van der Waals surface area contributed by atoms with Gasteiger partial charge in [0.05, 0.1) is 11.2 Å². The number of fused-ring (bicyclic) bond motifs is 1. The Labute approximate surface area is 175 Å². The van der Waals surface area contributed by atoms with E-state index in [1.807, 2.05) is 18.2 Å². The molecule has 2 aromatic carbocycles. The number of benzene rings is 2. The Hall–Kier alpha value is -2.42. The van der Waals surface area contributed by atoms with Gasteiger partial charge in [-0.15, -0.1) is 0 Å². The SMILES string of the molecule is CCCCc1ccc(N=Cc2cc3c(cc2F)N(CCC)C(C)(C)C=C3C)cc1. The van der Waals surface area contributed by atoms with Crippen LogP contribution >= 0.6 is 0 Å². The number of unbranched alkanes of at least 4 members (excludes halogenated alkanes) is 1. The minimum absolute atomic E-state index is 0.116. The Morgan fingerprint density at radius 3 is 2.45 bits per heavy atom. The number of hydrogen-bond acceptors (Lipinski definition) is 2. The molecule has 0 saturated heterocycles. The zero-order chi connectivity index (χ0) is 21.0. The van der Waals surface area contributed by atoms with Crippen molar-refractivity contribution in [1.29, 1.82) is 0 Å². The summed E-state index contributed by atoms with van der Waals surface area (Å²) < 4.78 is 14.9. The van der Waals surface area contributed by atoms with Crippen LogP contribution in [-0.2, 0) is 6.42 Å². The van der Waals surface area contributed by atoms with Crippen LogP contribution in [0.15, 0.2) is 47.5 Å². The molecule has 0 N–H and O–H groups in total. The molecule has 154 valence electrons. The van der Waals surface area contributed by atoms with Gasteiger partial charge in [0.2, 0.25) is 0 Å². The molecule has 0 saturated carbocycles. The lowest BCUT2D eigenvalue weighted by Crippen LogP contribution is -2.45. The number of allylic oxidation sites excluding steroid dienone is 1. The van der Waals surface area contributed by atoms with E-state index in [0.29, 0.717) is 5.56 Å². The molecular weight excluding hydrogens is 359 g/mol. The summed E-state index contributed by atoms with van der Waals surface area (Å²) in [6.07, 6.45) is 8.43. The van der Waals surface area contributed by atoms with Crippen LogP contribution in [0.2, 0.25) is 0 Å². The second kappa shape index (κ2) is 8.94. The summed E-state index contributed by atoms with van der Waals surface area (Å²) in [6.45, 7) is 11.7. The summed E-state index contributed by atoms with van der Waals surface area (Å²) in [7, 11) is 0. The quantitative estimate of drug-likeness (QED) is 0.450. The molecule has 0 unspecified atom stereocenters. The molecule has 1 aliphatic rings. The van der Waals surface area contributed by atoms with E-state index in [4.69, 9.17) is 0 Å². The van der Waals surface area contributed by atoms with Gasteiger partial charge in [-0.2, -0.15) is 0 Å². The van der Waals surface area contributed by atoms with Gasteiger partial charge in [0, 0.05) is 29.6 Å². The summed E-state index contributed by atoms with van der Waals surface area (Å²) in [5.74, 6) is -0.223. The van der Waals surface area contributed by atoms with Gasteiger partial charge in [-0.3, -0.25) is 4.99 Å². The lowest BCUT2D eigenvalue weighted by molar-refractivity contribution is 0.546. The maximum atomic E-state index is 14.9. The predicted molar refractivity (Wildman–Crippen MR) is 124 cm³/mol. The minimum Gasteiger partial charge on any atom is -0.362 e. The van der Waals surface area contributed by atoms with Gasteiger partial charge in [-0.1, -0.05) is 38.5 Å². The van der Waals surface area contributed by atoms with Gasteiger partial charge < -0.3 is 4.90 Å². The highest BCUT2D eigenvalue weighted by atomic mass is 19.1. The van der Waals surface area contributed by atoms with E-state index in [1.54, 1.807) is 12.3 Å². The zero-order valence-electron chi connectivity index (χ0n) is 18.4. The first-order chi connectivity index (χ1) is 13.9. The fourth-order valence-corrected chi connectivity index (χ4v) is 4.12. The Morgan fingerprint density at radius 2 is 1.79 bits per heavy atom. The van der Waals surface area contributed by atoms with Gasteiger partial charge in [0.15, 0.2) is 0 Å². The van der Waals surface area contributed by atoms with Crippen LogP contribution in [0, 0.1) is 5.82 Å². The average Bonchev–Trinajstić information content (AvgIpc) is 2.68. The largest absolute Gasteiger partial charge is 0.362 e. The lowest BCUT2D eigenvalue weighted by Gasteiger charge is -2.43. The molecule has 0 radical (unpaired) electrons. The third-order valence-corrected chi connectivity index (χ3v) is 5.65. The summed E-state index contributed by atoms with van der Waals surface area (Å²) >= 11 is 0. The Bertz CT molecular complexity index is 907. The molecule has 0 amide bonds. The zero-order valence-corrected chi connectivity index (χ0v) is 18.4. The first-order valence-electron chi connectivity index (χ1n) is 10.8. The third-order valence-electron chi connectivity index (χ3n) is 5.65. The van der Waals surface area contributed by atoms with E-state index in [2.05, 4.69) is 62.7 Å². The second-order valence-corrected chi connectivity index (χ2v) is 8.55. The summed E-state index contributed by atoms with van der Waals surface area (Å²) in [4.78, 5) is 6.82. The fraction of sp³-hybridized carbons (Fsp3) is 0.423. The lowest BCUT2D eigenvalue weighted by atomic mass is 9.87. The molecule has 0 aliphatic carbocycles. The molecule has 1 aliphatic heterocycles. The van der Waals surface area contributed by atoms with Crippen LogP contribution in [0.5, 0.6) is 0 Å². The van der Waals surface area contributed by atoms with Crippen LogP contribution in [0.1, 0.15) is 70.6 Å². The van der Waals surface area contributed by atoms with Gasteiger partial charge in [-0.05, 0) is 75.4 Å². The minimum atomic E-state index is -0.223. The maximum absolute atomic E-state index is 14.9. The number of rotatable bonds is 7. The van der Waals surface area contributed by atoms with Crippen molar-refractivity contribution in [2.75, 3.05) is 11.4 Å². The van der Waals surface area contributed by atoms with E-state index in [0.717, 1.165) is 36.3 Å². The van der Waals surface area contributed by atoms with E-state index < -0.39 is 0 Å². The number of anilines is 1. The molecule has 0 atom stereocenters. The molecule has 1 heterocycles. The van der Waals surface area contributed by atoms with Crippen molar-refractivity contribution in [2.24, 2.45) is 4.99 Å². The molecule has 0 aromatic heterocycles. The Kier molecular flexibility index (Phi) is 6.56. The maximum Gasteiger partial charge on any atom is 0.134 e. The Morgan fingerprint density at radius 1 is 1.07 bits per heavy atom. The summed E-state index contributed by atoms with van der Waals surface area (Å²) in [5.41, 5.74) is 5.85. The van der Waals surface area contributed by atoms with Crippen molar-refractivity contribution in [3.05, 3.63) is 65.0 Å². The summed E-state index contributed by atoms with van der Waals surface area (Å²) in [6, 6.07) is 11.9. The van der Waals surface area contributed by atoms with Crippen LogP contribution in [0.3, 0.4) is 0 Å². The first kappa shape index (κ1) is 21.3. The van der Waals surface area contributed by atoms with Crippen molar-refractivity contribution in [3.8, 4) is 0 Å². The monoisotopic (exact) mass is 392 g/mol.